The Bertz CT molecular complexity index is 1100. The third kappa shape index (κ3) is 8.12. The molecular formula is C29H32Cl2N2O2. The molecule has 0 fully saturated rings. The Hall–Kier alpha value is -2.82. The maximum Gasteiger partial charge on any atom is 0.243 e. The van der Waals surface area contributed by atoms with Gasteiger partial charge in [-0.1, -0.05) is 103 Å². The van der Waals surface area contributed by atoms with E-state index in [1.54, 1.807) is 11.0 Å². The van der Waals surface area contributed by atoms with Gasteiger partial charge < -0.3 is 10.2 Å². The summed E-state index contributed by atoms with van der Waals surface area (Å²) in [6.07, 6.45) is 3.01. The van der Waals surface area contributed by atoms with Crippen LogP contribution in [0.5, 0.6) is 0 Å². The molecule has 1 atom stereocenters. The molecule has 0 saturated carbocycles. The van der Waals surface area contributed by atoms with Crippen LogP contribution in [-0.4, -0.2) is 29.3 Å². The highest BCUT2D eigenvalue weighted by Gasteiger charge is 2.30. The summed E-state index contributed by atoms with van der Waals surface area (Å²) < 4.78 is 0. The molecule has 184 valence electrons. The van der Waals surface area contributed by atoms with Gasteiger partial charge in [0.2, 0.25) is 11.8 Å². The molecule has 3 aromatic carbocycles. The van der Waals surface area contributed by atoms with Gasteiger partial charge in [0, 0.05) is 36.0 Å². The van der Waals surface area contributed by atoms with Crippen molar-refractivity contribution in [2.45, 2.75) is 51.6 Å². The molecule has 0 unspecified atom stereocenters. The predicted molar refractivity (Wildman–Crippen MR) is 144 cm³/mol. The van der Waals surface area contributed by atoms with E-state index in [0.717, 1.165) is 29.5 Å². The van der Waals surface area contributed by atoms with Crippen LogP contribution in [0.3, 0.4) is 0 Å². The Kier molecular flexibility index (Phi) is 10.6. The molecule has 0 aliphatic carbocycles. The van der Waals surface area contributed by atoms with Crippen LogP contribution in [0.4, 0.5) is 0 Å². The van der Waals surface area contributed by atoms with Crippen molar-refractivity contribution in [3.05, 3.63) is 106 Å². The average Bonchev–Trinajstić information content (AvgIpc) is 2.87. The van der Waals surface area contributed by atoms with E-state index >= 15 is 0 Å². The maximum absolute atomic E-state index is 13.7. The lowest BCUT2D eigenvalue weighted by atomic mass is 10.0. The Labute approximate surface area is 218 Å². The number of nitrogens with zero attached hydrogens (tertiary/aromatic N) is 1. The van der Waals surface area contributed by atoms with E-state index in [4.69, 9.17) is 23.2 Å². The van der Waals surface area contributed by atoms with Gasteiger partial charge in [-0.2, -0.15) is 0 Å². The lowest BCUT2D eigenvalue weighted by Crippen LogP contribution is -2.50. The molecule has 0 radical (unpaired) electrons. The summed E-state index contributed by atoms with van der Waals surface area (Å²) in [4.78, 5) is 28.8. The van der Waals surface area contributed by atoms with Crippen molar-refractivity contribution in [2.75, 3.05) is 6.54 Å². The minimum atomic E-state index is -0.663. The summed E-state index contributed by atoms with van der Waals surface area (Å²) in [6, 6.07) is 24.1. The molecule has 0 saturated heterocycles. The molecule has 2 amide bonds. The summed E-state index contributed by atoms with van der Waals surface area (Å²) in [6.45, 7) is 2.91. The number of carbonyl (C=O) groups is 2. The smallest absolute Gasteiger partial charge is 0.243 e. The molecule has 0 heterocycles. The first-order valence-electron chi connectivity index (χ1n) is 12.1. The number of unbranched alkanes of at least 4 members (excludes halogenated alkanes) is 1. The second kappa shape index (κ2) is 13.9. The van der Waals surface area contributed by atoms with E-state index in [-0.39, 0.29) is 24.8 Å². The summed E-state index contributed by atoms with van der Waals surface area (Å²) in [7, 11) is 0. The van der Waals surface area contributed by atoms with Crippen LogP contribution in [0.2, 0.25) is 10.0 Å². The fourth-order valence-corrected chi connectivity index (χ4v) is 4.38. The van der Waals surface area contributed by atoms with Gasteiger partial charge in [0.05, 0.1) is 0 Å². The van der Waals surface area contributed by atoms with Crippen molar-refractivity contribution in [2.24, 2.45) is 0 Å². The lowest BCUT2D eigenvalue weighted by molar-refractivity contribution is -0.141. The molecule has 35 heavy (non-hydrogen) atoms. The Balaban J connectivity index is 1.90. The maximum atomic E-state index is 13.7. The zero-order chi connectivity index (χ0) is 25.0. The monoisotopic (exact) mass is 510 g/mol. The van der Waals surface area contributed by atoms with Crippen LogP contribution in [0, 0.1) is 0 Å². The Morgan fingerprint density at radius 1 is 0.857 bits per heavy atom. The number of rotatable bonds is 12. The number of amides is 2. The number of benzene rings is 3. The third-order valence-electron chi connectivity index (χ3n) is 5.97. The van der Waals surface area contributed by atoms with Gasteiger partial charge in [-0.25, -0.2) is 0 Å². The molecule has 4 nitrogen and oxygen atoms in total. The Morgan fingerprint density at radius 3 is 2.09 bits per heavy atom. The van der Waals surface area contributed by atoms with E-state index in [9.17, 15) is 9.59 Å². The highest BCUT2D eigenvalue weighted by atomic mass is 35.5. The van der Waals surface area contributed by atoms with Crippen LogP contribution in [0.25, 0.3) is 0 Å². The normalized spacial score (nSPS) is 11.6. The van der Waals surface area contributed by atoms with Gasteiger partial charge in [-0.05, 0) is 41.7 Å². The second-order valence-corrected chi connectivity index (χ2v) is 9.37. The molecule has 3 aromatic rings. The van der Waals surface area contributed by atoms with Gasteiger partial charge in [0.15, 0.2) is 0 Å². The number of halogens is 2. The van der Waals surface area contributed by atoms with Crippen LogP contribution < -0.4 is 5.32 Å². The number of hydrogen-bond donors (Lipinski definition) is 1. The molecular weight excluding hydrogens is 479 g/mol. The molecule has 0 bridgehead atoms. The quantitative estimate of drug-likeness (QED) is 0.283. The van der Waals surface area contributed by atoms with Gasteiger partial charge in [0.1, 0.15) is 6.04 Å². The molecule has 0 aromatic heterocycles. The largest absolute Gasteiger partial charge is 0.354 e. The molecule has 3 rings (SSSR count). The predicted octanol–water partition coefficient (Wildman–Crippen LogP) is 6.48. The van der Waals surface area contributed by atoms with Gasteiger partial charge >= 0.3 is 0 Å². The number of carbonyl (C=O) groups excluding carboxylic acids is 2. The summed E-state index contributed by atoms with van der Waals surface area (Å²) >= 11 is 12.8. The standard InChI is InChI=1S/C29H32Cl2N2O2/c1-2-3-19-32-29(35)27(20-22-11-5-4-6-12-22)33(21-24-14-8-10-16-26(24)31)28(34)18-17-23-13-7-9-15-25(23)30/h4-16,27H,2-3,17-21H2,1H3,(H,32,35)/t27-/m1/s1. The molecule has 0 aliphatic rings. The van der Waals surface area contributed by atoms with Crippen LogP contribution >= 0.6 is 23.2 Å². The van der Waals surface area contributed by atoms with Gasteiger partial charge in [0.25, 0.3) is 0 Å². The summed E-state index contributed by atoms with van der Waals surface area (Å²) in [5.74, 6) is -0.267. The fourth-order valence-electron chi connectivity index (χ4n) is 3.96. The molecule has 0 aliphatic heterocycles. The van der Waals surface area contributed by atoms with Crippen LogP contribution in [-0.2, 0) is 29.0 Å². The number of aryl methyl sites for hydroxylation is 1. The second-order valence-electron chi connectivity index (χ2n) is 8.55. The Morgan fingerprint density at radius 2 is 1.46 bits per heavy atom. The third-order valence-corrected chi connectivity index (χ3v) is 6.70. The molecule has 0 spiro atoms. The SMILES string of the molecule is CCCCNC(=O)[C@@H](Cc1ccccc1)N(Cc1ccccc1Cl)C(=O)CCc1ccccc1Cl. The summed E-state index contributed by atoms with van der Waals surface area (Å²) in [5, 5.41) is 4.24. The first-order chi connectivity index (χ1) is 17.0. The van der Waals surface area contributed by atoms with E-state index in [2.05, 4.69) is 12.2 Å². The van der Waals surface area contributed by atoms with E-state index in [1.807, 2.05) is 72.8 Å². The molecule has 6 heteroatoms. The van der Waals surface area contributed by atoms with Gasteiger partial charge in [-0.15, -0.1) is 0 Å². The van der Waals surface area contributed by atoms with E-state index in [1.165, 1.54) is 0 Å². The topological polar surface area (TPSA) is 49.4 Å². The number of nitrogens with one attached hydrogen (secondary N) is 1. The van der Waals surface area contributed by atoms with Crippen LogP contribution in [0.1, 0.15) is 42.9 Å². The first-order valence-corrected chi connectivity index (χ1v) is 12.8. The summed E-state index contributed by atoms with van der Waals surface area (Å²) in [5.41, 5.74) is 2.71. The van der Waals surface area contributed by atoms with Crippen LogP contribution in [0.15, 0.2) is 78.9 Å². The van der Waals surface area contributed by atoms with Crippen molar-refractivity contribution < 1.29 is 9.59 Å². The first kappa shape index (κ1) is 26.8. The fraction of sp³-hybridized carbons (Fsp3) is 0.310. The molecule has 1 N–H and O–H groups in total. The highest BCUT2D eigenvalue weighted by Crippen LogP contribution is 2.22. The van der Waals surface area contributed by atoms with Crippen molar-refractivity contribution in [1.82, 2.24) is 10.2 Å². The highest BCUT2D eigenvalue weighted by molar-refractivity contribution is 6.31. The van der Waals surface area contributed by atoms with E-state index in [0.29, 0.717) is 29.4 Å². The zero-order valence-electron chi connectivity index (χ0n) is 20.1. The van der Waals surface area contributed by atoms with E-state index < -0.39 is 6.04 Å². The van der Waals surface area contributed by atoms with Crippen molar-refractivity contribution in [1.29, 1.82) is 0 Å². The number of hydrogen-bond acceptors (Lipinski definition) is 2. The van der Waals surface area contributed by atoms with Crippen molar-refractivity contribution in [3.63, 3.8) is 0 Å². The van der Waals surface area contributed by atoms with Gasteiger partial charge in [-0.3, -0.25) is 9.59 Å². The lowest BCUT2D eigenvalue weighted by Gasteiger charge is -2.32. The zero-order valence-corrected chi connectivity index (χ0v) is 21.6. The minimum Gasteiger partial charge on any atom is -0.354 e. The van der Waals surface area contributed by atoms with Crippen molar-refractivity contribution in [3.8, 4) is 0 Å². The minimum absolute atomic E-state index is 0.114. The average molecular weight is 511 g/mol. The van der Waals surface area contributed by atoms with Crippen molar-refractivity contribution >= 4 is 35.0 Å².